The number of rotatable bonds is 5. The lowest BCUT2D eigenvalue weighted by Crippen LogP contribution is -2.20. The van der Waals surface area contributed by atoms with Gasteiger partial charge < -0.3 is 15.0 Å². The zero-order valence-corrected chi connectivity index (χ0v) is 14.6. The molecule has 0 aliphatic rings. The molecule has 0 aliphatic carbocycles. The molecule has 3 aromatic rings. The van der Waals surface area contributed by atoms with E-state index >= 15 is 0 Å². The van der Waals surface area contributed by atoms with Gasteiger partial charge in [-0.25, -0.2) is 0 Å². The van der Waals surface area contributed by atoms with Gasteiger partial charge in [0.15, 0.2) is 6.29 Å². The summed E-state index contributed by atoms with van der Waals surface area (Å²) >= 11 is 0. The van der Waals surface area contributed by atoms with Crippen molar-refractivity contribution >= 4 is 22.8 Å². The lowest BCUT2D eigenvalue weighted by atomic mass is 10.0. The standard InChI is InChI=1S/C20H19N3O3/c1-13(21)17(12-24)16-9-14-6-7-20(25)23(18(14)10-19(16)26-2)11-15-5-3-4-8-22-15/h3-10,12H,11,21H2,1-2H3. The first-order valence-electron chi connectivity index (χ1n) is 8.08. The summed E-state index contributed by atoms with van der Waals surface area (Å²) in [6.07, 6.45) is 2.40. The van der Waals surface area contributed by atoms with Gasteiger partial charge in [-0.1, -0.05) is 6.07 Å². The molecule has 2 N–H and O–H groups in total. The molecule has 2 heterocycles. The Hall–Kier alpha value is -3.41. The second kappa shape index (κ2) is 7.23. The highest BCUT2D eigenvalue weighted by atomic mass is 16.5. The highest BCUT2D eigenvalue weighted by molar-refractivity contribution is 6.10. The smallest absolute Gasteiger partial charge is 0.251 e. The van der Waals surface area contributed by atoms with E-state index in [1.54, 1.807) is 29.8 Å². The van der Waals surface area contributed by atoms with Gasteiger partial charge in [0.1, 0.15) is 5.75 Å². The Morgan fingerprint density at radius 1 is 1.27 bits per heavy atom. The predicted molar refractivity (Wildman–Crippen MR) is 101 cm³/mol. The largest absolute Gasteiger partial charge is 0.496 e. The number of nitrogens with zero attached hydrogens (tertiary/aromatic N) is 2. The van der Waals surface area contributed by atoms with Gasteiger partial charge in [0.05, 0.1) is 24.9 Å². The molecule has 0 saturated carbocycles. The highest BCUT2D eigenvalue weighted by Crippen LogP contribution is 2.31. The number of carbonyl (C=O) groups is 1. The van der Waals surface area contributed by atoms with E-state index in [2.05, 4.69) is 4.98 Å². The molecule has 26 heavy (non-hydrogen) atoms. The Labute approximate surface area is 150 Å². The molecule has 0 spiro atoms. The normalized spacial score (nSPS) is 11.9. The third kappa shape index (κ3) is 3.21. The second-order valence-electron chi connectivity index (χ2n) is 5.90. The Kier molecular flexibility index (Phi) is 4.84. The van der Waals surface area contributed by atoms with E-state index in [0.717, 1.165) is 11.1 Å². The third-order valence-corrected chi connectivity index (χ3v) is 4.19. The van der Waals surface area contributed by atoms with Gasteiger partial charge in [-0.3, -0.25) is 14.6 Å². The van der Waals surface area contributed by atoms with Crippen LogP contribution in [0.5, 0.6) is 5.75 Å². The number of allylic oxidation sites excluding steroid dienone is 2. The van der Waals surface area contributed by atoms with Gasteiger partial charge in [-0.2, -0.15) is 0 Å². The van der Waals surface area contributed by atoms with Crippen LogP contribution in [0.25, 0.3) is 16.5 Å². The lowest BCUT2D eigenvalue weighted by molar-refractivity contribution is -0.103. The van der Waals surface area contributed by atoms with Crippen LogP contribution in [0.15, 0.2) is 59.2 Å². The number of aldehydes is 1. The summed E-state index contributed by atoms with van der Waals surface area (Å²) in [5.41, 5.74) is 8.53. The fourth-order valence-electron chi connectivity index (χ4n) is 2.89. The minimum absolute atomic E-state index is 0.140. The van der Waals surface area contributed by atoms with E-state index in [-0.39, 0.29) is 5.56 Å². The molecule has 0 aliphatic heterocycles. The summed E-state index contributed by atoms with van der Waals surface area (Å²) in [6.45, 7) is 2.00. The molecule has 0 unspecified atom stereocenters. The van der Waals surface area contributed by atoms with Crippen LogP contribution in [-0.4, -0.2) is 22.9 Å². The molecule has 6 nitrogen and oxygen atoms in total. The Morgan fingerprint density at radius 3 is 2.69 bits per heavy atom. The number of hydrogen-bond acceptors (Lipinski definition) is 5. The van der Waals surface area contributed by atoms with Crippen molar-refractivity contribution in [2.75, 3.05) is 7.11 Å². The molecule has 0 atom stereocenters. The molecule has 0 radical (unpaired) electrons. The Bertz CT molecular complexity index is 1050. The number of pyridine rings is 2. The molecule has 0 bridgehead atoms. The minimum atomic E-state index is -0.140. The summed E-state index contributed by atoms with van der Waals surface area (Å²) in [4.78, 5) is 28.2. The van der Waals surface area contributed by atoms with Crippen molar-refractivity contribution in [1.82, 2.24) is 9.55 Å². The van der Waals surface area contributed by atoms with Crippen molar-refractivity contribution in [2.45, 2.75) is 13.5 Å². The van der Waals surface area contributed by atoms with Crippen LogP contribution in [0.2, 0.25) is 0 Å². The second-order valence-corrected chi connectivity index (χ2v) is 5.90. The van der Waals surface area contributed by atoms with Crippen LogP contribution >= 0.6 is 0 Å². The zero-order chi connectivity index (χ0) is 18.7. The monoisotopic (exact) mass is 349 g/mol. The average Bonchev–Trinajstić information content (AvgIpc) is 2.65. The first-order chi connectivity index (χ1) is 12.5. The van der Waals surface area contributed by atoms with Crippen LogP contribution in [0.3, 0.4) is 0 Å². The van der Waals surface area contributed by atoms with Gasteiger partial charge in [0.25, 0.3) is 5.56 Å². The van der Waals surface area contributed by atoms with Crippen molar-refractivity contribution in [2.24, 2.45) is 5.73 Å². The van der Waals surface area contributed by atoms with Crippen LogP contribution in [-0.2, 0) is 11.3 Å². The van der Waals surface area contributed by atoms with Gasteiger partial charge in [0.2, 0.25) is 0 Å². The number of nitrogens with two attached hydrogens (primary N) is 1. The first-order valence-corrected chi connectivity index (χ1v) is 8.08. The summed E-state index contributed by atoms with van der Waals surface area (Å²) in [5, 5.41) is 0.803. The van der Waals surface area contributed by atoms with Crippen molar-refractivity contribution in [3.8, 4) is 5.75 Å². The van der Waals surface area contributed by atoms with E-state index < -0.39 is 0 Å². The molecular weight excluding hydrogens is 330 g/mol. The summed E-state index contributed by atoms with van der Waals surface area (Å²) in [7, 11) is 1.52. The molecule has 3 rings (SSSR count). The van der Waals surface area contributed by atoms with E-state index in [1.165, 1.54) is 13.2 Å². The van der Waals surface area contributed by atoms with Gasteiger partial charge in [-0.05, 0) is 36.6 Å². The molecular formula is C20H19N3O3. The molecule has 0 amide bonds. The van der Waals surface area contributed by atoms with Crippen LogP contribution < -0.4 is 16.0 Å². The third-order valence-electron chi connectivity index (χ3n) is 4.19. The number of hydrogen-bond donors (Lipinski definition) is 1. The van der Waals surface area contributed by atoms with E-state index in [0.29, 0.717) is 40.9 Å². The predicted octanol–water partition coefficient (Wildman–Crippen LogP) is 2.34. The topological polar surface area (TPSA) is 87.2 Å². The average molecular weight is 349 g/mol. The Balaban J connectivity index is 2.25. The SMILES string of the molecule is COc1cc2c(ccc(=O)n2Cc2ccccn2)cc1C(C=O)=C(C)N. The van der Waals surface area contributed by atoms with E-state index in [4.69, 9.17) is 10.5 Å². The summed E-state index contributed by atoms with van der Waals surface area (Å²) < 4.78 is 7.08. The molecule has 0 saturated heterocycles. The van der Waals surface area contributed by atoms with Gasteiger partial charge in [0, 0.05) is 35.2 Å². The van der Waals surface area contributed by atoms with E-state index in [9.17, 15) is 9.59 Å². The zero-order valence-electron chi connectivity index (χ0n) is 14.6. The fourth-order valence-corrected chi connectivity index (χ4v) is 2.89. The minimum Gasteiger partial charge on any atom is -0.496 e. The number of fused-ring (bicyclic) bond motifs is 1. The van der Waals surface area contributed by atoms with Crippen LogP contribution in [0, 0.1) is 0 Å². The van der Waals surface area contributed by atoms with Crippen molar-refractivity contribution in [3.05, 3.63) is 76.0 Å². The van der Waals surface area contributed by atoms with Crippen molar-refractivity contribution < 1.29 is 9.53 Å². The van der Waals surface area contributed by atoms with Crippen LogP contribution in [0.1, 0.15) is 18.2 Å². The van der Waals surface area contributed by atoms with Gasteiger partial charge >= 0.3 is 0 Å². The van der Waals surface area contributed by atoms with Crippen molar-refractivity contribution in [3.63, 3.8) is 0 Å². The number of aromatic nitrogens is 2. The number of benzene rings is 1. The first kappa shape index (κ1) is 17.4. The summed E-state index contributed by atoms with van der Waals surface area (Å²) in [6, 6.07) is 12.4. The maximum Gasteiger partial charge on any atom is 0.251 e. The molecule has 2 aromatic heterocycles. The number of ether oxygens (including phenoxy) is 1. The summed E-state index contributed by atoms with van der Waals surface area (Å²) in [5.74, 6) is 0.477. The highest BCUT2D eigenvalue weighted by Gasteiger charge is 2.14. The lowest BCUT2D eigenvalue weighted by Gasteiger charge is -2.15. The fraction of sp³-hybridized carbons (Fsp3) is 0.150. The number of carbonyl (C=O) groups excluding carboxylic acids is 1. The quantitative estimate of drug-likeness (QED) is 0.564. The van der Waals surface area contributed by atoms with E-state index in [1.807, 2.05) is 24.3 Å². The van der Waals surface area contributed by atoms with Gasteiger partial charge in [-0.15, -0.1) is 0 Å². The molecule has 132 valence electrons. The van der Waals surface area contributed by atoms with Crippen molar-refractivity contribution in [1.29, 1.82) is 0 Å². The number of methoxy groups -OCH3 is 1. The molecule has 6 heteroatoms. The maximum atomic E-state index is 12.4. The molecule has 1 aromatic carbocycles. The maximum absolute atomic E-state index is 12.4. The molecule has 0 fully saturated rings. The Morgan fingerprint density at radius 2 is 2.08 bits per heavy atom. The van der Waals surface area contributed by atoms with Crippen LogP contribution in [0.4, 0.5) is 0 Å².